The van der Waals surface area contributed by atoms with Gasteiger partial charge >= 0.3 is 4.87 Å². The molecule has 0 aliphatic carbocycles. The molecule has 1 unspecified atom stereocenters. The minimum absolute atomic E-state index is 0.0178. The van der Waals surface area contributed by atoms with E-state index >= 15 is 0 Å². The third-order valence-corrected chi connectivity index (χ3v) is 4.03. The number of hydrogen-bond acceptors (Lipinski definition) is 9. The number of aliphatic hydroxyl groups excluding tert-OH is 3. The number of fused-ring (bicyclic) bond motifs is 1. The lowest BCUT2D eigenvalue weighted by atomic mass is 10.1. The summed E-state index contributed by atoms with van der Waals surface area (Å²) in [5, 5.41) is 28.8. The summed E-state index contributed by atoms with van der Waals surface area (Å²) < 4.78 is 6.93. The number of ether oxygens (including phenoxy) is 1. The van der Waals surface area contributed by atoms with Gasteiger partial charge in [-0.05, 0) is 0 Å². The first-order valence-corrected chi connectivity index (χ1v) is 6.60. The number of nitrogens with zero attached hydrogens (tertiary/aromatic N) is 3. The molecule has 108 valence electrons. The van der Waals surface area contributed by atoms with E-state index in [1.165, 1.54) is 6.20 Å². The molecule has 0 bridgehead atoms. The molecule has 4 atom stereocenters. The Morgan fingerprint density at radius 3 is 2.85 bits per heavy atom. The Balaban J connectivity index is 2.13. The molecule has 9 nitrogen and oxygen atoms in total. The second-order valence-corrected chi connectivity index (χ2v) is 5.38. The van der Waals surface area contributed by atoms with E-state index in [1.807, 2.05) is 0 Å². The number of aliphatic hydroxyl groups is 3. The lowest BCUT2D eigenvalue weighted by molar-refractivity contribution is -0.0518. The van der Waals surface area contributed by atoms with Crippen LogP contribution in [0.25, 0.3) is 10.3 Å². The van der Waals surface area contributed by atoms with Gasteiger partial charge in [-0.3, -0.25) is 9.36 Å². The standard InChI is InChI=1S/C10H12N4O5S/c11-9-12-1-4-7(13-9)14(10(18)20-4)8-6(17)5(16)3(2-15)19-8/h1,3,5-6,8,15-17H,2H2,(H2,11,12,13)/t3-,5-,6?,8-/m1/s1. The summed E-state index contributed by atoms with van der Waals surface area (Å²) in [5.41, 5.74) is 5.71. The van der Waals surface area contributed by atoms with Crippen LogP contribution in [0.1, 0.15) is 6.23 Å². The van der Waals surface area contributed by atoms with E-state index in [0.717, 1.165) is 15.9 Å². The summed E-state index contributed by atoms with van der Waals surface area (Å²) in [4.78, 5) is 19.3. The molecule has 5 N–H and O–H groups in total. The molecular formula is C10H12N4O5S. The molecule has 3 rings (SSSR count). The molecule has 1 saturated heterocycles. The fraction of sp³-hybridized carbons (Fsp3) is 0.500. The van der Waals surface area contributed by atoms with Crippen molar-refractivity contribution in [3.8, 4) is 0 Å². The van der Waals surface area contributed by atoms with Crippen molar-refractivity contribution in [2.45, 2.75) is 24.5 Å². The van der Waals surface area contributed by atoms with Gasteiger partial charge in [-0.1, -0.05) is 11.3 Å². The van der Waals surface area contributed by atoms with Crippen molar-refractivity contribution < 1.29 is 20.1 Å². The summed E-state index contributed by atoms with van der Waals surface area (Å²) in [6.45, 7) is -0.470. The number of nitrogen functional groups attached to an aromatic ring is 1. The minimum atomic E-state index is -1.35. The number of nitrogens with two attached hydrogens (primary N) is 1. The van der Waals surface area contributed by atoms with Crippen molar-refractivity contribution in [2.75, 3.05) is 12.3 Å². The van der Waals surface area contributed by atoms with Crippen LogP contribution in [0.3, 0.4) is 0 Å². The number of anilines is 1. The second-order valence-electron chi connectivity index (χ2n) is 4.38. The van der Waals surface area contributed by atoms with Crippen molar-refractivity contribution in [3.05, 3.63) is 15.9 Å². The molecule has 1 aliphatic heterocycles. The fourth-order valence-electron chi connectivity index (χ4n) is 2.17. The molecule has 2 aromatic heterocycles. The summed E-state index contributed by atoms with van der Waals surface area (Å²) >= 11 is 0.878. The van der Waals surface area contributed by atoms with E-state index in [4.69, 9.17) is 15.6 Å². The Morgan fingerprint density at radius 1 is 1.45 bits per heavy atom. The number of thiazole rings is 1. The van der Waals surface area contributed by atoms with Crippen molar-refractivity contribution in [1.82, 2.24) is 14.5 Å². The van der Waals surface area contributed by atoms with E-state index in [1.54, 1.807) is 0 Å². The summed E-state index contributed by atoms with van der Waals surface area (Å²) in [5.74, 6) is -0.0178. The predicted molar refractivity (Wildman–Crippen MR) is 69.1 cm³/mol. The molecule has 2 aromatic rings. The molecule has 3 heterocycles. The molecule has 1 fully saturated rings. The maximum absolute atomic E-state index is 12.0. The Bertz CT molecular complexity index is 701. The lowest BCUT2D eigenvalue weighted by Crippen LogP contribution is -2.34. The largest absolute Gasteiger partial charge is 0.394 e. The number of hydrogen-bond donors (Lipinski definition) is 4. The van der Waals surface area contributed by atoms with Crippen LogP contribution in [0.2, 0.25) is 0 Å². The van der Waals surface area contributed by atoms with Gasteiger partial charge in [0.15, 0.2) is 11.9 Å². The molecule has 0 spiro atoms. The topological polar surface area (TPSA) is 144 Å². The van der Waals surface area contributed by atoms with Gasteiger partial charge in [0.1, 0.15) is 18.3 Å². The molecule has 1 aliphatic rings. The van der Waals surface area contributed by atoms with Crippen molar-refractivity contribution in [1.29, 1.82) is 0 Å². The predicted octanol–water partition coefficient (Wildman–Crippen LogP) is -1.95. The number of aromatic nitrogens is 3. The Morgan fingerprint density at radius 2 is 2.20 bits per heavy atom. The van der Waals surface area contributed by atoms with E-state index in [2.05, 4.69) is 9.97 Å². The lowest BCUT2D eigenvalue weighted by Gasteiger charge is -2.15. The normalized spacial score (nSPS) is 30.1. The highest BCUT2D eigenvalue weighted by Gasteiger charge is 2.44. The highest BCUT2D eigenvalue weighted by molar-refractivity contribution is 7.16. The summed E-state index contributed by atoms with van der Waals surface area (Å²) in [7, 11) is 0. The third kappa shape index (κ3) is 1.89. The van der Waals surface area contributed by atoms with Crippen LogP contribution >= 0.6 is 11.3 Å². The molecule has 0 radical (unpaired) electrons. The molecule has 0 amide bonds. The summed E-state index contributed by atoms with van der Waals surface area (Å²) in [6, 6.07) is 0. The highest BCUT2D eigenvalue weighted by atomic mass is 32.1. The monoisotopic (exact) mass is 300 g/mol. The first kappa shape index (κ1) is 13.4. The van der Waals surface area contributed by atoms with Gasteiger partial charge in [0.25, 0.3) is 0 Å². The van der Waals surface area contributed by atoms with Crippen LogP contribution in [-0.2, 0) is 4.74 Å². The second kappa shape index (κ2) is 4.75. The van der Waals surface area contributed by atoms with E-state index in [0.29, 0.717) is 4.70 Å². The zero-order valence-electron chi connectivity index (χ0n) is 10.1. The van der Waals surface area contributed by atoms with E-state index < -0.39 is 36.0 Å². The van der Waals surface area contributed by atoms with Crippen molar-refractivity contribution >= 4 is 27.6 Å². The van der Waals surface area contributed by atoms with Crippen LogP contribution in [-0.4, -0.2) is 54.8 Å². The SMILES string of the molecule is Nc1ncc2sc(=O)n([C@@H]3O[C@H](CO)[C@@H](O)C3O)c2n1. The van der Waals surface area contributed by atoms with Crippen molar-refractivity contribution in [3.63, 3.8) is 0 Å². The average Bonchev–Trinajstić information content (AvgIpc) is 2.88. The molecule has 10 heteroatoms. The van der Waals surface area contributed by atoms with E-state index in [-0.39, 0.29) is 11.6 Å². The van der Waals surface area contributed by atoms with Gasteiger partial charge in [0, 0.05) is 0 Å². The summed E-state index contributed by atoms with van der Waals surface area (Å²) in [6.07, 6.45) is -3.32. The van der Waals surface area contributed by atoms with Gasteiger partial charge in [0.2, 0.25) is 5.95 Å². The first-order chi connectivity index (χ1) is 9.52. The van der Waals surface area contributed by atoms with E-state index in [9.17, 15) is 15.0 Å². The van der Waals surface area contributed by atoms with Crippen LogP contribution in [0, 0.1) is 0 Å². The van der Waals surface area contributed by atoms with Crippen molar-refractivity contribution in [2.24, 2.45) is 0 Å². The van der Waals surface area contributed by atoms with Gasteiger partial charge in [-0.2, -0.15) is 4.98 Å². The van der Waals surface area contributed by atoms with Crippen LogP contribution in [0.5, 0.6) is 0 Å². The molecular weight excluding hydrogens is 288 g/mol. The minimum Gasteiger partial charge on any atom is -0.394 e. The van der Waals surface area contributed by atoms with Gasteiger partial charge in [-0.15, -0.1) is 0 Å². The molecule has 20 heavy (non-hydrogen) atoms. The Hall–Kier alpha value is -1.59. The highest BCUT2D eigenvalue weighted by Crippen LogP contribution is 2.31. The number of rotatable bonds is 2. The van der Waals surface area contributed by atoms with Gasteiger partial charge in [0.05, 0.1) is 17.5 Å². The van der Waals surface area contributed by atoms with Crippen LogP contribution < -0.4 is 10.6 Å². The Kier molecular flexibility index (Phi) is 3.18. The van der Waals surface area contributed by atoms with Crippen LogP contribution in [0.4, 0.5) is 5.95 Å². The maximum Gasteiger partial charge on any atom is 0.311 e. The molecule has 0 aromatic carbocycles. The average molecular weight is 300 g/mol. The zero-order valence-corrected chi connectivity index (χ0v) is 10.9. The first-order valence-electron chi connectivity index (χ1n) is 5.79. The van der Waals surface area contributed by atoms with Crippen LogP contribution in [0.15, 0.2) is 11.0 Å². The third-order valence-electron chi connectivity index (χ3n) is 3.15. The fourth-order valence-corrected chi connectivity index (χ4v) is 2.98. The quantitative estimate of drug-likeness (QED) is 0.501. The van der Waals surface area contributed by atoms with Gasteiger partial charge in [-0.25, -0.2) is 4.98 Å². The molecule has 0 saturated carbocycles. The zero-order chi connectivity index (χ0) is 14.4. The Labute approximate surface area is 115 Å². The van der Waals surface area contributed by atoms with Gasteiger partial charge < -0.3 is 25.8 Å². The maximum atomic E-state index is 12.0. The smallest absolute Gasteiger partial charge is 0.311 e.